The average molecular weight is 438 g/mol. The topological polar surface area (TPSA) is 81.0 Å². The van der Waals surface area contributed by atoms with E-state index in [2.05, 4.69) is 43.3 Å². The number of nitrogens with one attached hydrogen (secondary N) is 3. The van der Waals surface area contributed by atoms with Gasteiger partial charge in [0, 0.05) is 38.5 Å². The van der Waals surface area contributed by atoms with Gasteiger partial charge in [-0.1, -0.05) is 13.8 Å². The van der Waals surface area contributed by atoms with E-state index in [1.807, 2.05) is 25.9 Å². The van der Waals surface area contributed by atoms with Crippen molar-refractivity contribution in [3.63, 3.8) is 0 Å². The first kappa shape index (κ1) is 20.5. The van der Waals surface area contributed by atoms with Crippen molar-refractivity contribution >= 4 is 21.6 Å². The molecule has 0 spiro atoms. The van der Waals surface area contributed by atoms with E-state index in [1.165, 1.54) is 24.0 Å². The van der Waals surface area contributed by atoms with Crippen LogP contribution in [0.15, 0.2) is 38.3 Å². The molecule has 0 aliphatic carbocycles. The second kappa shape index (κ2) is 9.34. The van der Waals surface area contributed by atoms with Gasteiger partial charge in [0.2, 0.25) is 0 Å². The first-order chi connectivity index (χ1) is 13.2. The summed E-state index contributed by atoms with van der Waals surface area (Å²) in [6.45, 7) is 8.31. The number of halogens is 1. The number of hydrogen-bond acceptors (Lipinski definition) is 7. The molecule has 0 unspecified atom stereocenters. The molecule has 0 bridgehead atoms. The minimum Gasteiger partial charge on any atom is -0.325 e. The normalized spacial score (nSPS) is 23.3. The number of hydrogen-bond donors (Lipinski definition) is 4. The van der Waals surface area contributed by atoms with E-state index < -0.39 is 0 Å². The minimum absolute atomic E-state index is 0.479. The van der Waals surface area contributed by atoms with Gasteiger partial charge in [0.15, 0.2) is 5.82 Å². The van der Waals surface area contributed by atoms with Gasteiger partial charge in [0.25, 0.3) is 0 Å². The van der Waals surface area contributed by atoms with Gasteiger partial charge in [-0.25, -0.2) is 15.8 Å². The van der Waals surface area contributed by atoms with Crippen LogP contribution in [0, 0.1) is 5.92 Å². The molecular formula is C19H32BrN7. The lowest BCUT2D eigenvalue weighted by Gasteiger charge is -2.30. The molecule has 150 valence electrons. The number of piperidine rings is 1. The predicted octanol–water partition coefficient (Wildman–Crippen LogP) is 1.79. The molecule has 0 radical (unpaired) electrons. The van der Waals surface area contributed by atoms with E-state index in [1.54, 1.807) is 0 Å². The number of allylic oxidation sites excluding steroid dienone is 1. The van der Waals surface area contributed by atoms with Crippen LogP contribution in [0.1, 0.15) is 33.1 Å². The smallest absolute Gasteiger partial charge is 0.152 e. The van der Waals surface area contributed by atoms with E-state index in [0.717, 1.165) is 54.3 Å². The third-order valence-corrected chi connectivity index (χ3v) is 6.22. The Morgan fingerprint density at radius 3 is 2.59 bits per heavy atom. The van der Waals surface area contributed by atoms with E-state index >= 15 is 0 Å². The Bertz CT molecular complexity index is 674. The summed E-state index contributed by atoms with van der Waals surface area (Å²) < 4.78 is 1.06. The molecule has 0 saturated carbocycles. The summed E-state index contributed by atoms with van der Waals surface area (Å²) in [5.74, 6) is 1.70. The van der Waals surface area contributed by atoms with E-state index in [4.69, 9.17) is 10.7 Å². The average Bonchev–Trinajstić information content (AvgIpc) is 3.31. The summed E-state index contributed by atoms with van der Waals surface area (Å²) >= 11 is 3.77. The summed E-state index contributed by atoms with van der Waals surface area (Å²) in [6, 6.07) is 0. The maximum atomic E-state index is 6.07. The van der Waals surface area contributed by atoms with Gasteiger partial charge in [-0.05, 0) is 59.8 Å². The molecule has 4 rings (SSSR count). The van der Waals surface area contributed by atoms with Crippen molar-refractivity contribution in [1.29, 1.82) is 0 Å². The molecule has 1 saturated heterocycles. The Labute approximate surface area is 170 Å². The molecule has 4 heterocycles. The molecule has 0 aromatic heterocycles. The fraction of sp³-hybridized carbons (Fsp3) is 0.632. The molecule has 0 aromatic rings. The van der Waals surface area contributed by atoms with Gasteiger partial charge in [-0.15, -0.1) is 0 Å². The van der Waals surface area contributed by atoms with Crippen LogP contribution >= 0.6 is 15.9 Å². The van der Waals surface area contributed by atoms with Crippen molar-refractivity contribution in [1.82, 2.24) is 26.2 Å². The summed E-state index contributed by atoms with van der Waals surface area (Å²) in [4.78, 5) is 5.06. The molecule has 0 atom stereocenters. The fourth-order valence-electron chi connectivity index (χ4n) is 3.88. The second-order valence-electron chi connectivity index (χ2n) is 6.99. The Morgan fingerprint density at radius 2 is 1.96 bits per heavy atom. The van der Waals surface area contributed by atoms with Crippen LogP contribution in [0.25, 0.3) is 0 Å². The largest absolute Gasteiger partial charge is 0.325 e. The lowest BCUT2D eigenvalue weighted by molar-refractivity contribution is 0.341. The van der Waals surface area contributed by atoms with Gasteiger partial charge in [0.05, 0.1) is 15.9 Å². The van der Waals surface area contributed by atoms with Gasteiger partial charge < -0.3 is 16.1 Å². The van der Waals surface area contributed by atoms with Crippen LogP contribution in [0.2, 0.25) is 0 Å². The highest BCUT2D eigenvalue weighted by Gasteiger charge is 2.34. The summed E-state index contributed by atoms with van der Waals surface area (Å²) in [5, 5.41) is 7.50. The lowest BCUT2D eigenvalue weighted by Crippen LogP contribution is -2.38. The number of fused-ring (bicyclic) bond motifs is 1. The van der Waals surface area contributed by atoms with Crippen LogP contribution < -0.4 is 21.9 Å². The van der Waals surface area contributed by atoms with E-state index in [0.29, 0.717) is 12.5 Å². The summed E-state index contributed by atoms with van der Waals surface area (Å²) in [5.41, 5.74) is 17.6. The van der Waals surface area contributed by atoms with Crippen LogP contribution in [0.4, 0.5) is 0 Å². The van der Waals surface area contributed by atoms with Crippen molar-refractivity contribution < 1.29 is 0 Å². The first-order valence-corrected chi connectivity index (χ1v) is 10.8. The molecule has 4 aliphatic rings. The van der Waals surface area contributed by atoms with Crippen LogP contribution in [-0.2, 0) is 0 Å². The standard InChI is InChI=1S/C17H26BrN7.C2H6/c1-24-10-12(8-21-24)13-9-22-25-15(7-19)16(18)14(23-17(13)25)6-11-2-4-20-5-3-11;1-2/h10-11,20-22H,2-9,19H2,1H3;1-2H3. The zero-order valence-electron chi connectivity index (χ0n) is 16.6. The SMILES string of the molecule is CC.CN1C=C(C2=C3N=C(CC4CCNCC4)C(Br)=C(CN)N3NC2)CN1. The number of rotatable bonds is 4. The highest BCUT2D eigenvalue weighted by atomic mass is 79.9. The highest BCUT2D eigenvalue weighted by Crippen LogP contribution is 2.35. The van der Waals surface area contributed by atoms with Crippen LogP contribution in [-0.4, -0.2) is 55.5 Å². The number of nitrogens with zero attached hydrogens (tertiary/aromatic N) is 3. The molecule has 8 heteroatoms. The Kier molecular flexibility index (Phi) is 7.10. The van der Waals surface area contributed by atoms with Gasteiger partial charge in [-0.3, -0.25) is 5.01 Å². The zero-order chi connectivity index (χ0) is 19.4. The third kappa shape index (κ3) is 4.30. The monoisotopic (exact) mass is 437 g/mol. The zero-order valence-corrected chi connectivity index (χ0v) is 18.2. The van der Waals surface area contributed by atoms with Gasteiger partial charge in [0.1, 0.15) is 0 Å². The lowest BCUT2D eigenvalue weighted by atomic mass is 9.91. The third-order valence-electron chi connectivity index (χ3n) is 5.30. The maximum absolute atomic E-state index is 6.07. The minimum atomic E-state index is 0.479. The number of aliphatic imine (C=N–C) groups is 1. The molecule has 27 heavy (non-hydrogen) atoms. The fourth-order valence-corrected chi connectivity index (χ4v) is 4.47. The number of nitrogens with two attached hydrogens (primary N) is 1. The van der Waals surface area contributed by atoms with Gasteiger partial charge in [-0.2, -0.15) is 0 Å². The van der Waals surface area contributed by atoms with Crippen LogP contribution in [0.3, 0.4) is 0 Å². The molecular weight excluding hydrogens is 406 g/mol. The van der Waals surface area contributed by atoms with Crippen molar-refractivity contribution in [2.24, 2.45) is 16.6 Å². The Morgan fingerprint density at radius 1 is 1.22 bits per heavy atom. The quantitative estimate of drug-likeness (QED) is 0.536. The number of hydrazine groups is 2. The maximum Gasteiger partial charge on any atom is 0.152 e. The highest BCUT2D eigenvalue weighted by molar-refractivity contribution is 9.12. The van der Waals surface area contributed by atoms with Crippen molar-refractivity contribution in [2.45, 2.75) is 33.1 Å². The van der Waals surface area contributed by atoms with Crippen LogP contribution in [0.5, 0.6) is 0 Å². The Hall–Kier alpha value is -1.19. The summed E-state index contributed by atoms with van der Waals surface area (Å²) in [6.07, 6.45) is 5.58. The van der Waals surface area contributed by atoms with Crippen molar-refractivity contribution in [2.75, 3.05) is 39.8 Å². The van der Waals surface area contributed by atoms with E-state index in [9.17, 15) is 0 Å². The summed E-state index contributed by atoms with van der Waals surface area (Å²) in [7, 11) is 2.02. The van der Waals surface area contributed by atoms with Crippen molar-refractivity contribution in [3.05, 3.63) is 33.3 Å². The van der Waals surface area contributed by atoms with Gasteiger partial charge >= 0.3 is 0 Å². The molecule has 4 aliphatic heterocycles. The molecule has 0 aromatic carbocycles. The second-order valence-corrected chi connectivity index (χ2v) is 7.79. The molecule has 1 fully saturated rings. The predicted molar refractivity (Wildman–Crippen MR) is 115 cm³/mol. The Balaban J connectivity index is 0.00000102. The molecule has 0 amide bonds. The van der Waals surface area contributed by atoms with Crippen molar-refractivity contribution in [3.8, 4) is 0 Å². The van der Waals surface area contributed by atoms with E-state index in [-0.39, 0.29) is 0 Å². The molecule has 7 nitrogen and oxygen atoms in total. The molecule has 5 N–H and O–H groups in total. The first-order valence-electron chi connectivity index (χ1n) is 9.99.